The Morgan fingerprint density at radius 3 is 2.44 bits per heavy atom. The van der Waals surface area contributed by atoms with Gasteiger partial charge in [0.1, 0.15) is 0 Å². The summed E-state index contributed by atoms with van der Waals surface area (Å²) in [6, 6.07) is 0. The number of carbonyl (C=O) groups excluding carboxylic acids is 1. The Labute approximate surface area is 61.8 Å². The molecule has 0 amide bonds. The van der Waals surface area contributed by atoms with Gasteiger partial charge in [-0.15, -0.1) is 0 Å². The van der Waals surface area contributed by atoms with Gasteiger partial charge in [0, 0.05) is 6.20 Å². The number of nitrogens with one attached hydrogen (secondary N) is 1. The van der Waals surface area contributed by atoms with E-state index in [-0.39, 0.29) is 5.02 Å². The predicted molar refractivity (Wildman–Crippen MR) is 36.2 cm³/mol. The van der Waals surface area contributed by atoms with Crippen molar-refractivity contribution in [2.75, 3.05) is 0 Å². The van der Waals surface area contributed by atoms with E-state index >= 15 is 0 Å². The molecule has 0 spiro atoms. The SMILES string of the molecule is O=Cc1[nH]cc(Cl)c1Cl. The maximum Gasteiger partial charge on any atom is 0.167 e. The molecule has 0 aliphatic rings. The first-order valence-electron chi connectivity index (χ1n) is 2.23. The molecular weight excluding hydrogens is 161 g/mol. The van der Waals surface area contributed by atoms with E-state index in [1.807, 2.05) is 0 Å². The van der Waals surface area contributed by atoms with E-state index in [2.05, 4.69) is 4.98 Å². The molecule has 9 heavy (non-hydrogen) atoms. The molecule has 0 bridgehead atoms. The molecule has 0 fully saturated rings. The first kappa shape index (κ1) is 6.65. The van der Waals surface area contributed by atoms with E-state index in [1.165, 1.54) is 6.20 Å². The molecule has 0 atom stereocenters. The van der Waals surface area contributed by atoms with Gasteiger partial charge in [0.25, 0.3) is 0 Å². The van der Waals surface area contributed by atoms with Crippen LogP contribution in [0.4, 0.5) is 0 Å². The lowest BCUT2D eigenvalue weighted by atomic mass is 10.5. The van der Waals surface area contributed by atoms with Gasteiger partial charge in [0.2, 0.25) is 0 Å². The number of hydrogen-bond donors (Lipinski definition) is 1. The monoisotopic (exact) mass is 163 g/mol. The number of aldehydes is 1. The standard InChI is InChI=1S/C5H3Cl2NO/c6-3-1-8-4(2-9)5(3)7/h1-2,8H. The first-order valence-corrected chi connectivity index (χ1v) is 2.99. The highest BCUT2D eigenvalue weighted by Gasteiger charge is 2.03. The van der Waals surface area contributed by atoms with E-state index in [0.29, 0.717) is 17.0 Å². The van der Waals surface area contributed by atoms with Crippen LogP contribution in [0, 0.1) is 0 Å². The maximum atomic E-state index is 10.1. The van der Waals surface area contributed by atoms with Crippen molar-refractivity contribution in [3.05, 3.63) is 21.9 Å². The van der Waals surface area contributed by atoms with Crippen molar-refractivity contribution < 1.29 is 4.79 Å². The summed E-state index contributed by atoms with van der Waals surface area (Å²) in [6.45, 7) is 0. The predicted octanol–water partition coefficient (Wildman–Crippen LogP) is 2.13. The van der Waals surface area contributed by atoms with Crippen LogP contribution in [0.5, 0.6) is 0 Å². The fourth-order valence-corrected chi connectivity index (χ4v) is 0.792. The van der Waals surface area contributed by atoms with E-state index in [1.54, 1.807) is 0 Å². The van der Waals surface area contributed by atoms with Crippen LogP contribution in [0.15, 0.2) is 6.20 Å². The van der Waals surface area contributed by atoms with Crippen molar-refractivity contribution in [2.24, 2.45) is 0 Å². The van der Waals surface area contributed by atoms with Gasteiger partial charge < -0.3 is 4.98 Å². The average molecular weight is 164 g/mol. The van der Waals surface area contributed by atoms with Crippen LogP contribution in [-0.4, -0.2) is 11.3 Å². The fourth-order valence-electron chi connectivity index (χ4n) is 0.482. The quantitative estimate of drug-likeness (QED) is 0.633. The van der Waals surface area contributed by atoms with Crippen LogP contribution >= 0.6 is 23.2 Å². The van der Waals surface area contributed by atoms with Crippen LogP contribution in [0.2, 0.25) is 10.0 Å². The smallest absolute Gasteiger partial charge is 0.167 e. The van der Waals surface area contributed by atoms with Crippen molar-refractivity contribution >= 4 is 29.5 Å². The molecule has 0 aliphatic carbocycles. The number of rotatable bonds is 1. The second-order valence-corrected chi connectivity index (χ2v) is 2.27. The van der Waals surface area contributed by atoms with Gasteiger partial charge in [0.05, 0.1) is 15.7 Å². The largest absolute Gasteiger partial charge is 0.356 e. The molecule has 0 aliphatic heterocycles. The minimum absolute atomic E-state index is 0.284. The summed E-state index contributed by atoms with van der Waals surface area (Å²) < 4.78 is 0. The molecule has 1 heterocycles. The highest BCUT2D eigenvalue weighted by molar-refractivity contribution is 6.43. The molecule has 0 unspecified atom stereocenters. The summed E-state index contributed by atoms with van der Waals surface area (Å²) in [4.78, 5) is 12.7. The van der Waals surface area contributed by atoms with Crippen molar-refractivity contribution in [1.82, 2.24) is 4.98 Å². The van der Waals surface area contributed by atoms with Crippen molar-refractivity contribution in [1.29, 1.82) is 0 Å². The second kappa shape index (κ2) is 2.42. The summed E-state index contributed by atoms with van der Waals surface area (Å²) in [5, 5.41) is 0.658. The Morgan fingerprint density at radius 2 is 2.22 bits per heavy atom. The molecule has 0 saturated carbocycles. The Bertz CT molecular complexity index is 231. The Morgan fingerprint density at radius 1 is 1.56 bits per heavy atom. The number of aromatic nitrogens is 1. The summed E-state index contributed by atoms with van der Waals surface area (Å²) in [7, 11) is 0. The fraction of sp³-hybridized carbons (Fsp3) is 0. The molecule has 1 rings (SSSR count). The molecule has 1 aromatic rings. The zero-order valence-electron chi connectivity index (χ0n) is 4.32. The number of halogens is 2. The summed E-state index contributed by atoms with van der Waals surface area (Å²) in [5.74, 6) is 0. The number of hydrogen-bond acceptors (Lipinski definition) is 1. The van der Waals surface area contributed by atoms with Crippen LogP contribution < -0.4 is 0 Å². The molecule has 2 nitrogen and oxygen atoms in total. The van der Waals surface area contributed by atoms with Crippen LogP contribution in [-0.2, 0) is 0 Å². The highest BCUT2D eigenvalue weighted by Crippen LogP contribution is 2.23. The molecule has 0 aromatic carbocycles. The minimum Gasteiger partial charge on any atom is -0.356 e. The van der Waals surface area contributed by atoms with Gasteiger partial charge in [-0.2, -0.15) is 0 Å². The van der Waals surface area contributed by atoms with Crippen LogP contribution in [0.25, 0.3) is 0 Å². The first-order chi connectivity index (χ1) is 4.25. The van der Waals surface area contributed by atoms with E-state index in [4.69, 9.17) is 23.2 Å². The van der Waals surface area contributed by atoms with Gasteiger partial charge >= 0.3 is 0 Å². The lowest BCUT2D eigenvalue weighted by Crippen LogP contribution is -1.76. The maximum absolute atomic E-state index is 10.1. The number of H-pyrrole nitrogens is 1. The van der Waals surface area contributed by atoms with Gasteiger partial charge in [-0.3, -0.25) is 4.79 Å². The van der Waals surface area contributed by atoms with Crippen LogP contribution in [0.1, 0.15) is 10.5 Å². The third-order valence-corrected chi connectivity index (χ3v) is 1.72. The number of aromatic amines is 1. The topological polar surface area (TPSA) is 32.9 Å². The second-order valence-electron chi connectivity index (χ2n) is 1.48. The number of carbonyl (C=O) groups is 1. The van der Waals surface area contributed by atoms with Crippen molar-refractivity contribution in [3.8, 4) is 0 Å². The van der Waals surface area contributed by atoms with Gasteiger partial charge in [0.15, 0.2) is 6.29 Å². The molecule has 48 valence electrons. The normalized spacial score (nSPS) is 9.56. The lowest BCUT2D eigenvalue weighted by Gasteiger charge is -1.81. The van der Waals surface area contributed by atoms with Gasteiger partial charge in [-0.25, -0.2) is 0 Å². The summed E-state index contributed by atoms with van der Waals surface area (Å²) >= 11 is 11.0. The minimum atomic E-state index is 0.284. The van der Waals surface area contributed by atoms with E-state index < -0.39 is 0 Å². The molecule has 0 saturated heterocycles. The summed E-state index contributed by atoms with van der Waals surface area (Å²) in [5.41, 5.74) is 0.321. The Hall–Kier alpha value is -0.470. The molecular formula is C5H3Cl2NO. The van der Waals surface area contributed by atoms with Gasteiger partial charge in [-0.05, 0) is 0 Å². The Kier molecular flexibility index (Phi) is 1.78. The van der Waals surface area contributed by atoms with Crippen molar-refractivity contribution in [3.63, 3.8) is 0 Å². The average Bonchev–Trinajstić information content (AvgIpc) is 2.15. The Balaban J connectivity index is 3.18. The third kappa shape index (κ3) is 1.09. The zero-order valence-corrected chi connectivity index (χ0v) is 5.83. The lowest BCUT2D eigenvalue weighted by molar-refractivity contribution is 0.112. The van der Waals surface area contributed by atoms with Crippen LogP contribution in [0.3, 0.4) is 0 Å². The summed E-state index contributed by atoms with van der Waals surface area (Å²) in [6.07, 6.45) is 2.09. The third-order valence-electron chi connectivity index (χ3n) is 0.918. The molecule has 1 aromatic heterocycles. The molecule has 0 radical (unpaired) electrons. The highest BCUT2D eigenvalue weighted by atomic mass is 35.5. The van der Waals surface area contributed by atoms with E-state index in [9.17, 15) is 4.79 Å². The zero-order chi connectivity index (χ0) is 6.85. The molecule has 1 N–H and O–H groups in total. The van der Waals surface area contributed by atoms with Gasteiger partial charge in [-0.1, -0.05) is 23.2 Å². The van der Waals surface area contributed by atoms with Crippen molar-refractivity contribution in [2.45, 2.75) is 0 Å². The van der Waals surface area contributed by atoms with E-state index in [0.717, 1.165) is 0 Å². The molecule has 4 heteroatoms.